The maximum absolute atomic E-state index is 9.55. The van der Waals surface area contributed by atoms with Crippen molar-refractivity contribution in [3.8, 4) is 5.75 Å². The number of aliphatic imine (C=N–C) groups is 1. The summed E-state index contributed by atoms with van der Waals surface area (Å²) in [6.45, 7) is 6.78. The number of benzene rings is 1. The van der Waals surface area contributed by atoms with Crippen LogP contribution in [0.3, 0.4) is 0 Å². The summed E-state index contributed by atoms with van der Waals surface area (Å²) in [6, 6.07) is 7.10. The molecule has 0 unspecified atom stereocenters. The summed E-state index contributed by atoms with van der Waals surface area (Å²) in [5.74, 6) is 0.773. The fourth-order valence-corrected chi connectivity index (χ4v) is 1.52. The van der Waals surface area contributed by atoms with Crippen LogP contribution in [0.1, 0.15) is 19.4 Å². The van der Waals surface area contributed by atoms with E-state index < -0.39 is 0 Å². The molecule has 0 aliphatic rings. The van der Waals surface area contributed by atoms with Gasteiger partial charge in [-0.25, -0.2) is 0 Å². The second-order valence-electron chi connectivity index (χ2n) is 4.22. The number of phenolic OH excluding ortho intramolecular Hbond substituents is 1. The molecule has 0 radical (unpaired) electrons. The van der Waals surface area contributed by atoms with Crippen molar-refractivity contribution >= 4 is 12.1 Å². The Morgan fingerprint density at radius 3 is 2.90 bits per heavy atom. The molecule has 0 saturated carbocycles. The van der Waals surface area contributed by atoms with Gasteiger partial charge in [-0.3, -0.25) is 4.99 Å². The van der Waals surface area contributed by atoms with Crippen LogP contribution in [-0.4, -0.2) is 50.1 Å². The van der Waals surface area contributed by atoms with Crippen LogP contribution >= 0.6 is 0 Å². The first-order valence-corrected chi connectivity index (χ1v) is 7.02. The number of oxime groups is 1. The standard InChI is InChI=1S/C15H23N3O3/c1-3-20-13(2)18-21-11-10-16-8-9-17-12-14-6-4-5-7-15(14)19/h4-7,12,16,19H,3,8-11H2,1-2H3/b17-12?,18-13+. The van der Waals surface area contributed by atoms with Gasteiger partial charge in [-0.05, 0) is 19.1 Å². The maximum Gasteiger partial charge on any atom is 0.222 e. The number of nitrogens with one attached hydrogen (secondary N) is 1. The van der Waals surface area contributed by atoms with Gasteiger partial charge in [0.05, 0.1) is 13.2 Å². The third-order valence-electron chi connectivity index (χ3n) is 2.50. The van der Waals surface area contributed by atoms with E-state index in [1.807, 2.05) is 19.1 Å². The molecule has 0 amide bonds. The van der Waals surface area contributed by atoms with Crippen molar-refractivity contribution in [3.63, 3.8) is 0 Å². The smallest absolute Gasteiger partial charge is 0.222 e. The summed E-state index contributed by atoms with van der Waals surface area (Å²) in [6.07, 6.45) is 1.67. The van der Waals surface area contributed by atoms with Gasteiger partial charge in [0.1, 0.15) is 12.4 Å². The largest absolute Gasteiger partial charge is 0.507 e. The van der Waals surface area contributed by atoms with Gasteiger partial charge in [-0.15, -0.1) is 0 Å². The third kappa shape index (κ3) is 7.94. The van der Waals surface area contributed by atoms with Crippen LogP contribution in [0.25, 0.3) is 0 Å². The van der Waals surface area contributed by atoms with Crippen LogP contribution in [0, 0.1) is 0 Å². The molecule has 0 spiro atoms. The van der Waals surface area contributed by atoms with E-state index in [9.17, 15) is 5.11 Å². The molecular weight excluding hydrogens is 270 g/mol. The molecule has 2 N–H and O–H groups in total. The van der Waals surface area contributed by atoms with Gasteiger partial charge in [-0.1, -0.05) is 17.3 Å². The third-order valence-corrected chi connectivity index (χ3v) is 2.50. The second-order valence-corrected chi connectivity index (χ2v) is 4.22. The predicted octanol–water partition coefficient (Wildman–Crippen LogP) is 1.79. The molecule has 0 aliphatic heterocycles. The first-order chi connectivity index (χ1) is 10.2. The van der Waals surface area contributed by atoms with E-state index in [2.05, 4.69) is 15.5 Å². The van der Waals surface area contributed by atoms with Gasteiger partial charge in [0, 0.05) is 31.8 Å². The zero-order valence-electron chi connectivity index (χ0n) is 12.6. The van der Waals surface area contributed by atoms with E-state index >= 15 is 0 Å². The normalized spacial score (nSPS) is 11.8. The average Bonchev–Trinajstić information content (AvgIpc) is 2.47. The number of hydrogen-bond acceptors (Lipinski definition) is 6. The Labute approximate surface area is 125 Å². The van der Waals surface area contributed by atoms with Crippen molar-refractivity contribution in [1.29, 1.82) is 0 Å². The molecule has 1 aromatic carbocycles. The summed E-state index contributed by atoms with van der Waals surface area (Å²) in [5, 5.41) is 16.5. The minimum atomic E-state index is 0.241. The molecule has 0 heterocycles. The van der Waals surface area contributed by atoms with Gasteiger partial charge < -0.3 is 20.0 Å². The highest BCUT2D eigenvalue weighted by molar-refractivity contribution is 5.83. The molecule has 0 bridgehead atoms. The van der Waals surface area contributed by atoms with Gasteiger partial charge in [0.15, 0.2) is 0 Å². The van der Waals surface area contributed by atoms with Gasteiger partial charge in [0.2, 0.25) is 5.90 Å². The van der Waals surface area contributed by atoms with E-state index in [4.69, 9.17) is 9.57 Å². The molecule has 116 valence electrons. The molecule has 0 fully saturated rings. The van der Waals surface area contributed by atoms with Gasteiger partial charge in [0.25, 0.3) is 0 Å². The van der Waals surface area contributed by atoms with Crippen molar-refractivity contribution in [3.05, 3.63) is 29.8 Å². The first-order valence-electron chi connectivity index (χ1n) is 7.02. The summed E-state index contributed by atoms with van der Waals surface area (Å²) >= 11 is 0. The first kappa shape index (κ1) is 17.0. The molecule has 6 nitrogen and oxygen atoms in total. The Balaban J connectivity index is 2.05. The van der Waals surface area contributed by atoms with Gasteiger partial charge >= 0.3 is 0 Å². The van der Waals surface area contributed by atoms with E-state index in [1.54, 1.807) is 25.3 Å². The fraction of sp³-hybridized carbons (Fsp3) is 0.467. The monoisotopic (exact) mass is 293 g/mol. The predicted molar refractivity (Wildman–Crippen MR) is 84.1 cm³/mol. The van der Waals surface area contributed by atoms with Crippen molar-refractivity contribution in [2.24, 2.45) is 10.1 Å². The zero-order valence-corrected chi connectivity index (χ0v) is 12.6. The Bertz CT molecular complexity index is 461. The Morgan fingerprint density at radius 1 is 1.33 bits per heavy atom. The number of para-hydroxylation sites is 1. The highest BCUT2D eigenvalue weighted by Crippen LogP contribution is 2.12. The highest BCUT2D eigenvalue weighted by Gasteiger charge is 1.94. The van der Waals surface area contributed by atoms with E-state index in [0.29, 0.717) is 32.2 Å². The lowest BCUT2D eigenvalue weighted by atomic mass is 10.2. The van der Waals surface area contributed by atoms with Crippen LogP contribution in [0.5, 0.6) is 5.75 Å². The molecule has 0 aliphatic carbocycles. The van der Waals surface area contributed by atoms with Crippen LogP contribution in [0.15, 0.2) is 34.4 Å². The minimum Gasteiger partial charge on any atom is -0.507 e. The summed E-state index contributed by atoms with van der Waals surface area (Å²) in [4.78, 5) is 9.31. The average molecular weight is 293 g/mol. The van der Waals surface area contributed by atoms with Gasteiger partial charge in [-0.2, -0.15) is 0 Å². The van der Waals surface area contributed by atoms with Crippen molar-refractivity contribution < 1.29 is 14.7 Å². The lowest BCUT2D eigenvalue weighted by Gasteiger charge is -2.03. The molecule has 0 aromatic heterocycles. The summed E-state index contributed by atoms with van der Waals surface area (Å²) in [5.41, 5.74) is 0.724. The van der Waals surface area contributed by atoms with E-state index in [-0.39, 0.29) is 5.75 Å². The number of hydrogen-bond donors (Lipinski definition) is 2. The van der Waals surface area contributed by atoms with Crippen molar-refractivity contribution in [2.45, 2.75) is 13.8 Å². The number of nitrogens with zero attached hydrogens (tertiary/aromatic N) is 2. The number of phenols is 1. The molecule has 1 aromatic rings. The van der Waals surface area contributed by atoms with Crippen LogP contribution in [0.4, 0.5) is 0 Å². The number of aromatic hydroxyl groups is 1. The van der Waals surface area contributed by atoms with Crippen molar-refractivity contribution in [1.82, 2.24) is 5.32 Å². The quantitative estimate of drug-likeness (QED) is 0.315. The highest BCUT2D eigenvalue weighted by atomic mass is 16.6. The molecule has 1 rings (SSSR count). The van der Waals surface area contributed by atoms with Crippen LogP contribution in [0.2, 0.25) is 0 Å². The minimum absolute atomic E-state index is 0.241. The summed E-state index contributed by atoms with van der Waals surface area (Å²) in [7, 11) is 0. The lowest BCUT2D eigenvalue weighted by molar-refractivity contribution is 0.134. The Kier molecular flexibility index (Phi) is 8.63. The SMILES string of the molecule is CCO/C(C)=N/OCCNCCN=Cc1ccccc1O. The zero-order chi connectivity index (χ0) is 15.3. The number of rotatable bonds is 9. The molecule has 0 saturated heterocycles. The fourth-order valence-electron chi connectivity index (χ4n) is 1.52. The Hall–Kier alpha value is -2.08. The molecule has 21 heavy (non-hydrogen) atoms. The molecular formula is C15H23N3O3. The van der Waals surface area contributed by atoms with Crippen LogP contribution in [-0.2, 0) is 9.57 Å². The topological polar surface area (TPSA) is 75.4 Å². The molecule has 0 atom stereocenters. The maximum atomic E-state index is 9.55. The molecule has 6 heteroatoms. The Morgan fingerprint density at radius 2 is 2.14 bits per heavy atom. The number of ether oxygens (including phenoxy) is 1. The summed E-state index contributed by atoms with van der Waals surface area (Å²) < 4.78 is 5.12. The van der Waals surface area contributed by atoms with E-state index in [1.165, 1.54) is 0 Å². The van der Waals surface area contributed by atoms with E-state index in [0.717, 1.165) is 12.1 Å². The van der Waals surface area contributed by atoms with Crippen molar-refractivity contribution in [2.75, 3.05) is 32.8 Å². The lowest BCUT2D eigenvalue weighted by Crippen LogP contribution is -2.22. The van der Waals surface area contributed by atoms with Crippen LogP contribution < -0.4 is 5.32 Å². The second kappa shape index (κ2) is 10.7.